The predicted octanol–water partition coefficient (Wildman–Crippen LogP) is 19.4. The summed E-state index contributed by atoms with van der Waals surface area (Å²) in [5, 5.41) is 20.6. The summed E-state index contributed by atoms with van der Waals surface area (Å²) in [7, 11) is 5.59. The molecule has 776 valence electrons. The number of nitrogens with zero attached hydrogens (tertiary/aromatic N) is 5. The summed E-state index contributed by atoms with van der Waals surface area (Å²) in [4.78, 5) is 159. The lowest BCUT2D eigenvalue weighted by molar-refractivity contribution is -0.134. The zero-order valence-corrected chi connectivity index (χ0v) is 85.9. The number of carbonyl (C=O) groups is 12. The molecule has 0 bridgehead atoms. The minimum Gasteiger partial charge on any atom is -0.465 e. The molecule has 26 nitrogen and oxygen atoms in total. The Morgan fingerprint density at radius 1 is 0.247 bits per heavy atom. The SMILES string of the molecule is COC(=O)c1ccc2c(c1)CCC1(CCCN(c3ccccc3)C1=O)C2.COC(=O)c1ccc2c(c1)CCC1(CCCN(c3ccccc3)C1=O)C2.COC(=O)c1ccc2c(c1)CCC1(CCCN(c3ccccc3)C1=O)C2.COC(=O)c1ccc2c(c1)CCC1(CCCNC1=O)C2.O=C(NO)c1ccc2c(c1)CCC1(CCCN(c3ccccc3)C1=O)C2.O=C(NO)c1ccc2c(c1)CCC1(CCCN(c3ccccc3)C1=O)C2. The number of piperidine rings is 6. The summed E-state index contributed by atoms with van der Waals surface area (Å²) in [6, 6.07) is 83.5. The van der Waals surface area contributed by atoms with Crippen molar-refractivity contribution in [2.45, 2.75) is 193 Å². The van der Waals surface area contributed by atoms with E-state index < -0.39 is 11.8 Å². The number of nitrogens with one attached hydrogen (secondary N) is 3. The molecule has 150 heavy (non-hydrogen) atoms. The largest absolute Gasteiger partial charge is 0.465 e. The molecule has 8 amide bonds. The molecule has 12 aliphatic rings. The van der Waals surface area contributed by atoms with Crippen LogP contribution in [0.1, 0.15) is 244 Å². The number of para-hydroxylation sites is 5. The molecule has 5 N–H and O–H groups in total. The Morgan fingerprint density at radius 2 is 0.440 bits per heavy atom. The molecular formula is C124H132N8O18. The number of hydroxylamine groups is 2. The van der Waals surface area contributed by atoms with Gasteiger partial charge in [-0.25, -0.2) is 30.1 Å². The topological polar surface area (TPSA) is 335 Å². The summed E-state index contributed by atoms with van der Waals surface area (Å²) >= 11 is 0. The first kappa shape index (κ1) is 105. The molecule has 6 aliphatic heterocycles. The Kier molecular flexibility index (Phi) is 32.2. The fourth-order valence-corrected chi connectivity index (χ4v) is 25.5. The molecule has 6 saturated heterocycles. The molecule has 6 aliphatic carbocycles. The number of carbonyl (C=O) groups excluding carboxylic acids is 12. The van der Waals surface area contributed by atoms with Gasteiger partial charge in [0.05, 0.1) is 83.2 Å². The van der Waals surface area contributed by atoms with Crippen LogP contribution in [0.15, 0.2) is 261 Å². The Hall–Kier alpha value is -15.0. The number of fused-ring (bicyclic) bond motifs is 6. The minimum atomic E-state index is -0.503. The summed E-state index contributed by atoms with van der Waals surface area (Å²) in [5.74, 6) is -0.848. The van der Waals surface area contributed by atoms with Gasteiger partial charge in [-0.15, -0.1) is 0 Å². The van der Waals surface area contributed by atoms with Gasteiger partial charge >= 0.3 is 23.9 Å². The van der Waals surface area contributed by atoms with Gasteiger partial charge in [0, 0.05) is 78.8 Å². The van der Waals surface area contributed by atoms with Crippen molar-refractivity contribution in [1.82, 2.24) is 16.3 Å². The summed E-state index contributed by atoms with van der Waals surface area (Å²) < 4.78 is 19.2. The van der Waals surface area contributed by atoms with Gasteiger partial charge in [0.15, 0.2) is 0 Å². The molecule has 6 spiro atoms. The zero-order chi connectivity index (χ0) is 105. The van der Waals surface area contributed by atoms with E-state index in [1.54, 1.807) is 29.2 Å². The normalized spacial score (nSPS) is 22.6. The molecule has 0 radical (unpaired) electrons. The molecule has 6 heterocycles. The molecular weight excluding hydrogens is 1890 g/mol. The van der Waals surface area contributed by atoms with E-state index in [-0.39, 0.29) is 91.8 Å². The molecule has 6 fully saturated rings. The van der Waals surface area contributed by atoms with Crippen molar-refractivity contribution >= 4 is 99.6 Å². The van der Waals surface area contributed by atoms with Gasteiger partial charge in [-0.05, 0) is 393 Å². The van der Waals surface area contributed by atoms with Crippen LogP contribution in [0.5, 0.6) is 0 Å². The Balaban J connectivity index is 0.000000118. The Morgan fingerprint density at radius 3 is 0.647 bits per heavy atom. The van der Waals surface area contributed by atoms with Crippen LogP contribution in [0.2, 0.25) is 0 Å². The van der Waals surface area contributed by atoms with E-state index in [1.165, 1.54) is 72.9 Å². The monoisotopic (exact) mass is 2020 g/mol. The molecule has 6 atom stereocenters. The highest BCUT2D eigenvalue weighted by molar-refractivity contribution is 6.04. The van der Waals surface area contributed by atoms with Gasteiger partial charge in [-0.3, -0.25) is 48.8 Å². The molecule has 0 saturated carbocycles. The lowest BCUT2D eigenvalue weighted by atomic mass is 9.66. The van der Waals surface area contributed by atoms with Crippen LogP contribution >= 0.6 is 0 Å². The van der Waals surface area contributed by atoms with Crippen LogP contribution < -0.4 is 40.8 Å². The number of esters is 4. The van der Waals surface area contributed by atoms with E-state index >= 15 is 0 Å². The van der Waals surface area contributed by atoms with E-state index in [1.807, 2.05) is 267 Å². The molecule has 11 aromatic carbocycles. The number of methoxy groups -OCH3 is 4. The number of amides is 8. The van der Waals surface area contributed by atoms with Crippen LogP contribution in [0.4, 0.5) is 28.4 Å². The Bertz CT molecular complexity index is 6080. The van der Waals surface area contributed by atoms with Gasteiger partial charge in [0.2, 0.25) is 35.4 Å². The summed E-state index contributed by atoms with van der Waals surface area (Å²) in [6.07, 6.45) is 26.1. The number of benzene rings is 11. The van der Waals surface area contributed by atoms with Crippen molar-refractivity contribution in [1.29, 1.82) is 0 Å². The second-order valence-corrected chi connectivity index (χ2v) is 42.3. The average molecular weight is 2020 g/mol. The van der Waals surface area contributed by atoms with Gasteiger partial charge < -0.3 is 48.8 Å². The van der Waals surface area contributed by atoms with Crippen molar-refractivity contribution < 1.29 is 86.9 Å². The number of anilines is 5. The van der Waals surface area contributed by atoms with Gasteiger partial charge in [-0.1, -0.05) is 127 Å². The predicted molar refractivity (Wildman–Crippen MR) is 572 cm³/mol. The second-order valence-electron chi connectivity index (χ2n) is 42.3. The van der Waals surface area contributed by atoms with Crippen molar-refractivity contribution in [3.8, 4) is 0 Å². The van der Waals surface area contributed by atoms with Gasteiger partial charge in [-0.2, -0.15) is 0 Å². The Labute approximate surface area is 875 Å². The van der Waals surface area contributed by atoms with Crippen LogP contribution in [0, 0.1) is 32.5 Å². The smallest absolute Gasteiger partial charge is 0.337 e. The van der Waals surface area contributed by atoms with E-state index in [4.69, 9.17) is 29.4 Å². The first-order valence-corrected chi connectivity index (χ1v) is 52.9. The summed E-state index contributed by atoms with van der Waals surface area (Å²) in [5.41, 5.74) is 23.6. The third-order valence-corrected chi connectivity index (χ3v) is 33.7. The third kappa shape index (κ3) is 22.1. The van der Waals surface area contributed by atoms with E-state index in [0.29, 0.717) is 46.2 Å². The average Bonchev–Trinajstić information content (AvgIpc) is 0.770. The van der Waals surface area contributed by atoms with Crippen LogP contribution in [0.25, 0.3) is 0 Å². The minimum absolute atomic E-state index is 0.200. The lowest BCUT2D eigenvalue weighted by Gasteiger charge is -2.44. The van der Waals surface area contributed by atoms with Crippen molar-refractivity contribution in [3.05, 3.63) is 361 Å². The highest BCUT2D eigenvalue weighted by atomic mass is 16.5. The maximum Gasteiger partial charge on any atom is 0.337 e. The maximum absolute atomic E-state index is 13.4. The quantitative estimate of drug-likeness (QED) is 0.0347. The fraction of sp³-hybridized carbons (Fsp3) is 0.371. The maximum atomic E-state index is 13.4. The molecule has 0 aromatic heterocycles. The van der Waals surface area contributed by atoms with Crippen molar-refractivity contribution in [3.63, 3.8) is 0 Å². The highest BCUT2D eigenvalue weighted by Gasteiger charge is 2.53. The van der Waals surface area contributed by atoms with E-state index in [0.717, 1.165) is 270 Å². The third-order valence-electron chi connectivity index (χ3n) is 33.7. The second kappa shape index (κ2) is 46.0. The van der Waals surface area contributed by atoms with Crippen LogP contribution in [0.3, 0.4) is 0 Å². The van der Waals surface area contributed by atoms with E-state index in [2.05, 4.69) is 5.32 Å². The standard InChI is InChI=1S/3C22H23NO3.2C21H22N2O3.C16H19NO3/c3*1-26-20(24)17-8-9-18-15-22(12-10-16(18)14-17)11-5-13-23(21(22)25)19-6-3-2-4-7-19;2*24-19(22-26)16-7-8-17-14-21(11-9-15(17)13-16)10-4-12-23(20(21)25)18-5-2-1-3-6-18;1-20-14(18)12-3-4-13-10-16(7-5-11(13)9-12)6-2-8-17-15(16)19/h3*2-4,6-9,14H,5,10-13,15H2,1H3;2*1-3,5-8,13,26H,4,9-12,14H2,(H,22,24);3-4,9H,2,5-8,10H2,1H3,(H,17,19). The summed E-state index contributed by atoms with van der Waals surface area (Å²) in [6.45, 7) is 4.71. The molecule has 26 heteroatoms. The van der Waals surface area contributed by atoms with E-state index in [9.17, 15) is 57.5 Å². The fourth-order valence-electron chi connectivity index (χ4n) is 25.5. The van der Waals surface area contributed by atoms with Gasteiger partial charge in [0.1, 0.15) is 0 Å². The van der Waals surface area contributed by atoms with Crippen molar-refractivity contribution in [2.75, 3.05) is 92.2 Å². The molecule has 11 aromatic rings. The van der Waals surface area contributed by atoms with Crippen molar-refractivity contribution in [2.24, 2.45) is 32.5 Å². The number of ether oxygens (including phenoxy) is 4. The molecule has 23 rings (SSSR count). The van der Waals surface area contributed by atoms with Crippen LogP contribution in [-0.4, -0.2) is 149 Å². The number of aryl methyl sites for hydroxylation is 6. The first-order chi connectivity index (χ1) is 72.8. The zero-order valence-electron chi connectivity index (χ0n) is 85.9. The first-order valence-electron chi connectivity index (χ1n) is 52.9. The lowest BCUT2D eigenvalue weighted by Crippen LogP contribution is -2.51. The number of hydrogen-bond donors (Lipinski definition) is 5. The highest BCUT2D eigenvalue weighted by Crippen LogP contribution is 2.52. The van der Waals surface area contributed by atoms with Crippen LogP contribution in [-0.2, 0) is 125 Å². The molecule has 6 unspecified atom stereocenters. The van der Waals surface area contributed by atoms with Gasteiger partial charge in [0.25, 0.3) is 11.8 Å². The number of hydrogen-bond acceptors (Lipinski definition) is 18. The number of rotatable bonds is 11.